The van der Waals surface area contributed by atoms with Gasteiger partial charge in [-0.25, -0.2) is 4.79 Å². The van der Waals surface area contributed by atoms with Crippen LogP contribution in [0.3, 0.4) is 0 Å². The van der Waals surface area contributed by atoms with Crippen LogP contribution in [-0.4, -0.2) is 24.9 Å². The number of allylic oxidation sites excluding steroid dienone is 2. The molecule has 0 aromatic heterocycles. The minimum absolute atomic E-state index is 0.178. The lowest BCUT2D eigenvalue weighted by Crippen LogP contribution is -2.45. The number of unbranched alkanes of at least 4 members (excludes halogenated alkanes) is 3. The van der Waals surface area contributed by atoms with E-state index >= 15 is 0 Å². The van der Waals surface area contributed by atoms with Crippen LogP contribution in [0.5, 0.6) is 11.5 Å². The number of carbonyl (C=O) groups is 1. The van der Waals surface area contributed by atoms with Gasteiger partial charge in [-0.05, 0) is 83.5 Å². The molecule has 5 heteroatoms. The predicted molar refractivity (Wildman–Crippen MR) is 124 cm³/mol. The smallest absolute Gasteiger partial charge is 0.487 e. The van der Waals surface area contributed by atoms with E-state index in [4.69, 9.17) is 19.9 Å². The Morgan fingerprint density at radius 3 is 2.77 bits per heavy atom. The second-order valence-corrected chi connectivity index (χ2v) is 9.55. The van der Waals surface area contributed by atoms with Crippen LogP contribution < -0.4 is 15.2 Å². The molecule has 1 aromatic rings. The zero-order valence-electron chi connectivity index (χ0n) is 19.7. The van der Waals surface area contributed by atoms with Crippen molar-refractivity contribution in [3.8, 4) is 11.5 Å². The van der Waals surface area contributed by atoms with Gasteiger partial charge in [0.05, 0.1) is 6.61 Å². The van der Waals surface area contributed by atoms with Crippen molar-refractivity contribution in [1.82, 2.24) is 0 Å². The summed E-state index contributed by atoms with van der Waals surface area (Å²) in [5, 5.41) is 0. The Labute approximate surface area is 187 Å². The molecule has 1 aliphatic heterocycles. The second kappa shape index (κ2) is 10.5. The first-order valence-electron chi connectivity index (χ1n) is 11.9. The summed E-state index contributed by atoms with van der Waals surface area (Å²) in [6, 6.07) is 4.17. The van der Waals surface area contributed by atoms with Crippen LogP contribution in [-0.2, 0) is 11.2 Å². The molecule has 31 heavy (non-hydrogen) atoms. The Morgan fingerprint density at radius 2 is 2.03 bits per heavy atom. The van der Waals surface area contributed by atoms with E-state index in [1.807, 2.05) is 6.07 Å². The van der Waals surface area contributed by atoms with E-state index < -0.39 is 6.16 Å². The van der Waals surface area contributed by atoms with Gasteiger partial charge in [0.1, 0.15) is 17.1 Å². The van der Waals surface area contributed by atoms with Gasteiger partial charge in [0.15, 0.2) is 0 Å². The molecule has 5 nitrogen and oxygen atoms in total. The summed E-state index contributed by atoms with van der Waals surface area (Å²) in [6.07, 6.45) is 9.80. The summed E-state index contributed by atoms with van der Waals surface area (Å²) < 4.78 is 17.6. The highest BCUT2D eigenvalue weighted by atomic mass is 16.7. The van der Waals surface area contributed by atoms with E-state index in [9.17, 15) is 4.79 Å². The Kier molecular flexibility index (Phi) is 8.04. The minimum Gasteiger partial charge on any atom is -0.487 e. The Balaban J connectivity index is 1.93. The zero-order chi connectivity index (χ0) is 22.4. The number of fused-ring (bicyclic) bond motifs is 3. The summed E-state index contributed by atoms with van der Waals surface area (Å²) in [4.78, 5) is 12.5. The lowest BCUT2D eigenvalue weighted by molar-refractivity contribution is 0.0104. The molecule has 0 radical (unpaired) electrons. The molecular weight excluding hydrogens is 390 g/mol. The molecule has 1 heterocycles. The molecule has 2 N–H and O–H groups in total. The standard InChI is InChI=1S/C26H39NO4/c1-5-6-7-10-19-16-22(30-25(28)29-14-9-8-13-27)24-20-15-18(2)11-12-21(20)26(3,4)31-23(24)17-19/h15-17,20-21H,5-14,27H2,1-4H3/t20?,21-/m1/s1. The number of benzene rings is 1. The number of ether oxygens (including phenoxy) is 3. The van der Waals surface area contributed by atoms with Crippen molar-refractivity contribution >= 4 is 6.16 Å². The summed E-state index contributed by atoms with van der Waals surface area (Å²) in [5.74, 6) is 1.95. The molecule has 0 saturated heterocycles. The monoisotopic (exact) mass is 429 g/mol. The number of rotatable bonds is 9. The van der Waals surface area contributed by atoms with E-state index in [-0.39, 0.29) is 11.5 Å². The summed E-state index contributed by atoms with van der Waals surface area (Å²) in [5.41, 5.74) is 8.76. The lowest BCUT2D eigenvalue weighted by Gasteiger charge is -2.46. The van der Waals surface area contributed by atoms with Gasteiger partial charge >= 0.3 is 6.16 Å². The van der Waals surface area contributed by atoms with E-state index in [1.54, 1.807) is 0 Å². The van der Waals surface area contributed by atoms with Crippen LogP contribution in [0.25, 0.3) is 0 Å². The predicted octanol–water partition coefficient (Wildman–Crippen LogP) is 6.28. The molecule has 1 aliphatic carbocycles. The normalized spacial score (nSPS) is 21.4. The van der Waals surface area contributed by atoms with Gasteiger partial charge in [-0.3, -0.25) is 0 Å². The Bertz CT molecular complexity index is 799. The van der Waals surface area contributed by atoms with Crippen molar-refractivity contribution in [1.29, 1.82) is 0 Å². The van der Waals surface area contributed by atoms with Gasteiger partial charge in [-0.1, -0.05) is 31.4 Å². The Morgan fingerprint density at radius 1 is 1.23 bits per heavy atom. The first-order valence-corrected chi connectivity index (χ1v) is 11.9. The zero-order valence-corrected chi connectivity index (χ0v) is 19.7. The molecular formula is C26H39NO4. The molecule has 172 valence electrons. The largest absolute Gasteiger partial charge is 0.513 e. The van der Waals surface area contributed by atoms with Crippen LogP contribution in [0.1, 0.15) is 89.7 Å². The van der Waals surface area contributed by atoms with Crippen molar-refractivity contribution in [2.75, 3.05) is 13.2 Å². The number of nitrogens with two attached hydrogens (primary N) is 1. The SMILES string of the molecule is CCCCCc1cc(OC(=O)OCCCCN)c2c(c1)OC(C)(C)[C@@H]1CCC(C)=CC21. The number of hydrogen-bond acceptors (Lipinski definition) is 5. The van der Waals surface area contributed by atoms with Crippen LogP contribution in [0.2, 0.25) is 0 Å². The van der Waals surface area contributed by atoms with Crippen LogP contribution in [0, 0.1) is 5.92 Å². The molecule has 3 rings (SSSR count). The van der Waals surface area contributed by atoms with Crippen LogP contribution in [0.15, 0.2) is 23.8 Å². The van der Waals surface area contributed by atoms with E-state index in [2.05, 4.69) is 39.8 Å². The topological polar surface area (TPSA) is 70.8 Å². The third kappa shape index (κ3) is 5.82. The average Bonchev–Trinajstić information content (AvgIpc) is 2.70. The second-order valence-electron chi connectivity index (χ2n) is 9.55. The van der Waals surface area contributed by atoms with E-state index in [1.165, 1.54) is 18.4 Å². The highest BCUT2D eigenvalue weighted by Gasteiger charge is 2.45. The first-order chi connectivity index (χ1) is 14.9. The lowest BCUT2D eigenvalue weighted by atomic mass is 9.68. The van der Waals surface area contributed by atoms with Gasteiger partial charge in [0.2, 0.25) is 0 Å². The average molecular weight is 430 g/mol. The van der Waals surface area contributed by atoms with Gasteiger partial charge in [-0.2, -0.15) is 0 Å². The quantitative estimate of drug-likeness (QED) is 0.216. The highest BCUT2D eigenvalue weighted by molar-refractivity contribution is 5.67. The van der Waals surface area contributed by atoms with Gasteiger partial charge in [0, 0.05) is 17.4 Å². The maximum atomic E-state index is 12.5. The molecule has 0 fully saturated rings. The van der Waals surface area contributed by atoms with Gasteiger partial charge in [0.25, 0.3) is 0 Å². The summed E-state index contributed by atoms with van der Waals surface area (Å²) in [7, 11) is 0. The van der Waals surface area contributed by atoms with Gasteiger partial charge < -0.3 is 19.9 Å². The van der Waals surface area contributed by atoms with Crippen molar-refractivity contribution in [3.63, 3.8) is 0 Å². The van der Waals surface area contributed by atoms with E-state index in [0.717, 1.165) is 55.4 Å². The molecule has 0 spiro atoms. The molecule has 0 amide bonds. The molecule has 0 saturated carbocycles. The number of hydrogen-bond donors (Lipinski definition) is 1. The molecule has 0 bridgehead atoms. The summed E-state index contributed by atoms with van der Waals surface area (Å²) >= 11 is 0. The fraction of sp³-hybridized carbons (Fsp3) is 0.654. The first kappa shape index (κ1) is 23.6. The van der Waals surface area contributed by atoms with Crippen LogP contribution in [0.4, 0.5) is 4.79 Å². The molecule has 2 atom stereocenters. The van der Waals surface area contributed by atoms with E-state index in [0.29, 0.717) is 24.8 Å². The van der Waals surface area contributed by atoms with Crippen molar-refractivity contribution in [2.24, 2.45) is 11.7 Å². The summed E-state index contributed by atoms with van der Waals surface area (Å²) in [6.45, 7) is 9.65. The van der Waals surface area contributed by atoms with Crippen molar-refractivity contribution in [3.05, 3.63) is 34.9 Å². The Hall–Kier alpha value is -2.01. The number of carbonyl (C=O) groups excluding carboxylic acids is 1. The molecule has 1 unspecified atom stereocenters. The van der Waals surface area contributed by atoms with Gasteiger partial charge in [-0.15, -0.1) is 0 Å². The maximum absolute atomic E-state index is 12.5. The van der Waals surface area contributed by atoms with Crippen molar-refractivity contribution in [2.45, 2.75) is 90.6 Å². The maximum Gasteiger partial charge on any atom is 0.513 e. The minimum atomic E-state index is -0.650. The van der Waals surface area contributed by atoms with Crippen LogP contribution >= 0.6 is 0 Å². The highest BCUT2D eigenvalue weighted by Crippen LogP contribution is 2.53. The van der Waals surface area contributed by atoms with Crippen molar-refractivity contribution < 1.29 is 19.0 Å². The fourth-order valence-electron chi connectivity index (χ4n) is 4.89. The molecule has 1 aromatic carbocycles. The molecule has 2 aliphatic rings. The fourth-order valence-corrected chi connectivity index (χ4v) is 4.89. The third-order valence-corrected chi connectivity index (χ3v) is 6.59. The number of aryl methyl sites for hydroxylation is 1. The third-order valence-electron chi connectivity index (χ3n) is 6.59.